The molecule has 132 valence electrons. The van der Waals surface area contributed by atoms with E-state index in [9.17, 15) is 13.2 Å². The highest BCUT2D eigenvalue weighted by Crippen LogP contribution is 2.25. The van der Waals surface area contributed by atoms with E-state index in [1.165, 1.54) is 0 Å². The molecule has 1 aliphatic rings. The van der Waals surface area contributed by atoms with Gasteiger partial charge in [0.15, 0.2) is 16.4 Å². The van der Waals surface area contributed by atoms with Gasteiger partial charge in [-0.15, -0.1) is 0 Å². The summed E-state index contributed by atoms with van der Waals surface area (Å²) in [5, 5.41) is 0. The molecule has 1 atom stereocenters. The Bertz CT molecular complexity index is 849. The molecule has 0 bridgehead atoms. The molecule has 0 spiro atoms. The molecule has 2 aromatic rings. The summed E-state index contributed by atoms with van der Waals surface area (Å²) in [7, 11) is -3.09. The van der Waals surface area contributed by atoms with E-state index in [1.807, 2.05) is 61.5 Å². The predicted octanol–water partition coefficient (Wildman–Crippen LogP) is 2.59. The van der Waals surface area contributed by atoms with Crippen LogP contribution in [0.1, 0.15) is 12.0 Å². The average molecular weight is 359 g/mol. The zero-order valence-corrected chi connectivity index (χ0v) is 14.9. The van der Waals surface area contributed by atoms with Gasteiger partial charge in [-0.2, -0.15) is 0 Å². The van der Waals surface area contributed by atoms with Crippen molar-refractivity contribution in [3.8, 4) is 5.75 Å². The van der Waals surface area contributed by atoms with Gasteiger partial charge in [-0.05, 0) is 37.1 Å². The number of carbonyl (C=O) groups is 1. The van der Waals surface area contributed by atoms with Crippen LogP contribution in [0.4, 0.5) is 5.69 Å². The van der Waals surface area contributed by atoms with Crippen LogP contribution in [0.5, 0.6) is 5.75 Å². The molecule has 1 saturated heterocycles. The van der Waals surface area contributed by atoms with Gasteiger partial charge in [-0.1, -0.05) is 36.4 Å². The molecule has 2 aromatic carbocycles. The highest BCUT2D eigenvalue weighted by atomic mass is 32.2. The third kappa shape index (κ3) is 4.20. The lowest BCUT2D eigenvalue weighted by Gasteiger charge is -2.28. The molecule has 0 aromatic heterocycles. The zero-order chi connectivity index (χ0) is 17.9. The van der Waals surface area contributed by atoms with E-state index in [1.54, 1.807) is 4.90 Å². The first kappa shape index (κ1) is 17.5. The Hall–Kier alpha value is -2.34. The summed E-state index contributed by atoms with van der Waals surface area (Å²) in [4.78, 5) is 14.4. The van der Waals surface area contributed by atoms with Gasteiger partial charge in [0.2, 0.25) is 0 Å². The molecule has 0 radical (unpaired) electrons. The lowest BCUT2D eigenvalue weighted by atomic mass is 10.2. The van der Waals surface area contributed by atoms with E-state index in [2.05, 4.69) is 0 Å². The van der Waals surface area contributed by atoms with Crippen LogP contribution in [0.15, 0.2) is 54.6 Å². The van der Waals surface area contributed by atoms with Crippen molar-refractivity contribution < 1.29 is 17.9 Å². The van der Waals surface area contributed by atoms with Crippen LogP contribution in [0.25, 0.3) is 0 Å². The Morgan fingerprint density at radius 2 is 1.80 bits per heavy atom. The van der Waals surface area contributed by atoms with Crippen LogP contribution in [-0.2, 0) is 14.6 Å². The van der Waals surface area contributed by atoms with E-state index < -0.39 is 9.84 Å². The fraction of sp³-hybridized carbons (Fsp3) is 0.316. The minimum absolute atomic E-state index is 0.00199. The number of para-hydroxylation sites is 2. The average Bonchev–Trinajstić information content (AvgIpc) is 2.95. The molecule has 1 amide bonds. The maximum atomic E-state index is 12.8. The van der Waals surface area contributed by atoms with Crippen LogP contribution in [0.3, 0.4) is 0 Å². The molecule has 0 unspecified atom stereocenters. The van der Waals surface area contributed by atoms with Gasteiger partial charge in [0.1, 0.15) is 5.75 Å². The standard InChI is InChI=1S/C19H21NO4S/c1-15-7-5-6-10-18(15)24-13-19(21)20(16-8-3-2-4-9-16)17-11-12-25(22,23)14-17/h2-10,17H,11-14H2,1H3/t17-/m0/s1. The number of carbonyl (C=O) groups excluding carboxylic acids is 1. The first-order chi connectivity index (χ1) is 12.0. The number of rotatable bonds is 5. The summed E-state index contributed by atoms with van der Waals surface area (Å²) in [5.74, 6) is 0.532. The van der Waals surface area contributed by atoms with Crippen molar-refractivity contribution in [3.63, 3.8) is 0 Å². The normalized spacial score (nSPS) is 18.7. The number of ether oxygens (including phenoxy) is 1. The lowest BCUT2D eigenvalue weighted by molar-refractivity contribution is -0.121. The fourth-order valence-corrected chi connectivity index (χ4v) is 4.75. The highest BCUT2D eigenvalue weighted by molar-refractivity contribution is 7.91. The van der Waals surface area contributed by atoms with E-state index in [0.29, 0.717) is 17.9 Å². The third-order valence-electron chi connectivity index (χ3n) is 4.32. The summed E-state index contributed by atoms with van der Waals surface area (Å²) in [5.41, 5.74) is 1.65. The van der Waals surface area contributed by atoms with Gasteiger partial charge in [0.05, 0.1) is 17.5 Å². The van der Waals surface area contributed by atoms with Crippen LogP contribution in [0.2, 0.25) is 0 Å². The largest absolute Gasteiger partial charge is 0.483 e. The summed E-state index contributed by atoms with van der Waals surface area (Å²) >= 11 is 0. The van der Waals surface area contributed by atoms with Crippen molar-refractivity contribution in [3.05, 3.63) is 60.2 Å². The van der Waals surface area contributed by atoms with Crippen LogP contribution in [-0.4, -0.2) is 38.5 Å². The molecule has 1 aliphatic heterocycles. The monoisotopic (exact) mass is 359 g/mol. The number of hydrogen-bond donors (Lipinski definition) is 0. The smallest absolute Gasteiger partial charge is 0.265 e. The maximum absolute atomic E-state index is 12.8. The van der Waals surface area contributed by atoms with Crippen molar-refractivity contribution in [1.29, 1.82) is 0 Å². The Labute approximate surface area is 148 Å². The molecule has 5 nitrogen and oxygen atoms in total. The van der Waals surface area contributed by atoms with E-state index in [-0.39, 0.29) is 30.1 Å². The summed E-state index contributed by atoms with van der Waals surface area (Å²) in [6, 6.07) is 16.3. The molecule has 6 heteroatoms. The number of nitrogens with zero attached hydrogens (tertiary/aromatic N) is 1. The predicted molar refractivity (Wildman–Crippen MR) is 97.7 cm³/mol. The molecular formula is C19H21NO4S. The number of amides is 1. The van der Waals surface area contributed by atoms with Crippen molar-refractivity contribution in [2.24, 2.45) is 0 Å². The Morgan fingerprint density at radius 1 is 1.12 bits per heavy atom. The Kier molecular flexibility index (Phi) is 5.08. The van der Waals surface area contributed by atoms with Crippen molar-refractivity contribution in [2.45, 2.75) is 19.4 Å². The van der Waals surface area contributed by atoms with Gasteiger partial charge >= 0.3 is 0 Å². The zero-order valence-electron chi connectivity index (χ0n) is 14.1. The lowest BCUT2D eigenvalue weighted by Crippen LogP contribution is -2.43. The van der Waals surface area contributed by atoms with Gasteiger partial charge < -0.3 is 9.64 Å². The minimum atomic E-state index is -3.09. The second-order valence-electron chi connectivity index (χ2n) is 6.21. The number of anilines is 1. The second-order valence-corrected chi connectivity index (χ2v) is 8.44. The fourth-order valence-electron chi connectivity index (χ4n) is 3.05. The quantitative estimate of drug-likeness (QED) is 0.823. The summed E-state index contributed by atoms with van der Waals surface area (Å²) < 4.78 is 29.4. The topological polar surface area (TPSA) is 63.7 Å². The van der Waals surface area contributed by atoms with Crippen molar-refractivity contribution >= 4 is 21.4 Å². The van der Waals surface area contributed by atoms with Crippen molar-refractivity contribution in [2.75, 3.05) is 23.0 Å². The van der Waals surface area contributed by atoms with Crippen LogP contribution in [0, 0.1) is 6.92 Å². The molecule has 1 fully saturated rings. The van der Waals surface area contributed by atoms with E-state index in [4.69, 9.17) is 4.74 Å². The van der Waals surface area contributed by atoms with Gasteiger partial charge in [-0.25, -0.2) is 8.42 Å². The Morgan fingerprint density at radius 3 is 2.44 bits per heavy atom. The van der Waals surface area contributed by atoms with E-state index >= 15 is 0 Å². The van der Waals surface area contributed by atoms with Crippen molar-refractivity contribution in [1.82, 2.24) is 0 Å². The molecule has 3 rings (SSSR count). The molecule has 25 heavy (non-hydrogen) atoms. The number of benzene rings is 2. The third-order valence-corrected chi connectivity index (χ3v) is 6.07. The Balaban J connectivity index is 1.79. The molecule has 0 N–H and O–H groups in total. The van der Waals surface area contributed by atoms with Crippen LogP contribution >= 0.6 is 0 Å². The molecule has 0 saturated carbocycles. The number of aryl methyl sites for hydroxylation is 1. The first-order valence-electron chi connectivity index (χ1n) is 8.22. The maximum Gasteiger partial charge on any atom is 0.265 e. The number of sulfone groups is 1. The first-order valence-corrected chi connectivity index (χ1v) is 10.0. The molecular weight excluding hydrogens is 338 g/mol. The second kappa shape index (κ2) is 7.27. The van der Waals surface area contributed by atoms with E-state index in [0.717, 1.165) is 5.56 Å². The number of hydrogen-bond acceptors (Lipinski definition) is 4. The SMILES string of the molecule is Cc1ccccc1OCC(=O)N(c1ccccc1)[C@H]1CCS(=O)(=O)C1. The van der Waals surface area contributed by atoms with Gasteiger partial charge in [0.25, 0.3) is 5.91 Å². The van der Waals surface area contributed by atoms with Gasteiger partial charge in [-0.3, -0.25) is 4.79 Å². The highest BCUT2D eigenvalue weighted by Gasteiger charge is 2.35. The molecule has 1 heterocycles. The van der Waals surface area contributed by atoms with Crippen LogP contribution < -0.4 is 9.64 Å². The molecule has 0 aliphatic carbocycles. The minimum Gasteiger partial charge on any atom is -0.483 e. The summed E-state index contributed by atoms with van der Waals surface area (Å²) in [6.45, 7) is 1.79. The van der Waals surface area contributed by atoms with Gasteiger partial charge in [0, 0.05) is 5.69 Å². The summed E-state index contributed by atoms with van der Waals surface area (Å²) in [6.07, 6.45) is 0.452.